The Hall–Kier alpha value is -2.24. The molecule has 1 heterocycles. The van der Waals surface area contributed by atoms with Gasteiger partial charge in [-0.1, -0.05) is 13.0 Å². The van der Waals surface area contributed by atoms with E-state index in [1.807, 2.05) is 25.1 Å². The van der Waals surface area contributed by atoms with E-state index in [1.54, 1.807) is 6.20 Å². The number of hydrogen-bond donors (Lipinski definition) is 3. The number of pyridine rings is 1. The maximum Gasteiger partial charge on any atom is 0.255 e. The number of aryl methyl sites for hydroxylation is 2. The first kappa shape index (κ1) is 21.0. The van der Waals surface area contributed by atoms with Crippen LogP contribution in [0.15, 0.2) is 36.5 Å². The van der Waals surface area contributed by atoms with Crippen molar-refractivity contribution in [3.63, 3.8) is 0 Å². The number of fused-ring (bicyclic) bond motifs is 3. The van der Waals surface area contributed by atoms with Crippen molar-refractivity contribution in [2.75, 3.05) is 11.9 Å². The number of aromatic nitrogens is 1. The number of aliphatic hydroxyl groups is 1. The van der Waals surface area contributed by atoms with Gasteiger partial charge in [0.2, 0.25) is 0 Å². The molecule has 1 aromatic carbocycles. The molecule has 30 heavy (non-hydrogen) atoms. The van der Waals surface area contributed by atoms with E-state index in [0.29, 0.717) is 18.0 Å². The topological polar surface area (TPSA) is 88.2 Å². The summed E-state index contributed by atoms with van der Waals surface area (Å²) in [5.41, 5.74) is 10.2. The van der Waals surface area contributed by atoms with Crippen LogP contribution in [0.4, 0.5) is 5.69 Å². The van der Waals surface area contributed by atoms with E-state index in [-0.39, 0.29) is 11.3 Å². The normalized spacial score (nSPS) is 28.2. The van der Waals surface area contributed by atoms with Crippen LogP contribution < -0.4 is 11.1 Å². The number of anilines is 1. The minimum absolute atomic E-state index is 0.0716. The van der Waals surface area contributed by atoms with Gasteiger partial charge in [0, 0.05) is 18.3 Å². The molecule has 0 radical (unpaired) electrons. The molecule has 0 bridgehead atoms. The number of nitrogens with two attached hydrogens (primary N) is 1. The fourth-order valence-corrected chi connectivity index (χ4v) is 5.77. The second-order valence-electron chi connectivity index (χ2n) is 9.19. The fraction of sp³-hybridized carbons (Fsp3) is 0.520. The van der Waals surface area contributed by atoms with Crippen LogP contribution in [-0.2, 0) is 11.8 Å². The van der Waals surface area contributed by atoms with Gasteiger partial charge in [0.15, 0.2) is 0 Å². The van der Waals surface area contributed by atoms with Crippen LogP contribution in [0, 0.1) is 12.8 Å². The lowest BCUT2D eigenvalue weighted by Crippen LogP contribution is -2.50. The van der Waals surface area contributed by atoms with E-state index < -0.39 is 5.60 Å². The number of amides is 1. The lowest BCUT2D eigenvalue weighted by atomic mass is 9.57. The molecule has 1 fully saturated rings. The summed E-state index contributed by atoms with van der Waals surface area (Å²) in [5.74, 6) is 0.338. The van der Waals surface area contributed by atoms with E-state index in [9.17, 15) is 9.90 Å². The average Bonchev–Trinajstić information content (AvgIpc) is 2.91. The Bertz CT molecular complexity index is 944. The summed E-state index contributed by atoms with van der Waals surface area (Å²) in [6, 6.07) is 9.93. The highest BCUT2D eigenvalue weighted by molar-refractivity contribution is 6.04. The average molecular weight is 408 g/mol. The lowest BCUT2D eigenvalue weighted by molar-refractivity contribution is -0.0411. The van der Waals surface area contributed by atoms with E-state index >= 15 is 0 Å². The molecule has 0 unspecified atom stereocenters. The summed E-state index contributed by atoms with van der Waals surface area (Å²) in [6.07, 6.45) is 8.40. The first-order valence-electron chi connectivity index (χ1n) is 11.2. The Balaban J connectivity index is 1.65. The third-order valence-electron chi connectivity index (χ3n) is 7.61. The predicted octanol–water partition coefficient (Wildman–Crippen LogP) is 4.12. The first-order chi connectivity index (χ1) is 14.4. The second-order valence-corrected chi connectivity index (χ2v) is 9.19. The van der Waals surface area contributed by atoms with Crippen molar-refractivity contribution in [2.24, 2.45) is 11.7 Å². The van der Waals surface area contributed by atoms with Crippen molar-refractivity contribution in [1.29, 1.82) is 0 Å². The van der Waals surface area contributed by atoms with Gasteiger partial charge < -0.3 is 16.2 Å². The Morgan fingerprint density at radius 1 is 1.33 bits per heavy atom. The molecule has 2 aliphatic rings. The van der Waals surface area contributed by atoms with E-state index in [2.05, 4.69) is 29.4 Å². The van der Waals surface area contributed by atoms with Crippen molar-refractivity contribution in [1.82, 2.24) is 4.98 Å². The molecule has 4 rings (SSSR count). The van der Waals surface area contributed by atoms with Crippen LogP contribution in [-0.4, -0.2) is 28.1 Å². The van der Waals surface area contributed by atoms with Crippen molar-refractivity contribution in [2.45, 2.75) is 69.8 Å². The van der Waals surface area contributed by atoms with Crippen LogP contribution in [0.5, 0.6) is 0 Å². The molecule has 3 atom stereocenters. The molecule has 0 saturated heterocycles. The highest BCUT2D eigenvalue weighted by Gasteiger charge is 2.49. The molecular weight excluding hydrogens is 374 g/mol. The number of rotatable bonds is 4. The Morgan fingerprint density at radius 2 is 2.17 bits per heavy atom. The van der Waals surface area contributed by atoms with Crippen LogP contribution in [0.2, 0.25) is 0 Å². The van der Waals surface area contributed by atoms with E-state index in [4.69, 9.17) is 5.73 Å². The largest absolute Gasteiger partial charge is 0.389 e. The molecular formula is C25H33N3O2. The Morgan fingerprint density at radius 3 is 2.90 bits per heavy atom. The maximum absolute atomic E-state index is 12.9. The molecule has 2 aromatic rings. The fourth-order valence-electron chi connectivity index (χ4n) is 5.77. The van der Waals surface area contributed by atoms with Crippen LogP contribution in [0.3, 0.4) is 0 Å². The molecule has 160 valence electrons. The van der Waals surface area contributed by atoms with Gasteiger partial charge in [0.05, 0.1) is 17.0 Å². The molecule has 1 saturated carbocycles. The first-order valence-corrected chi connectivity index (χ1v) is 11.2. The van der Waals surface area contributed by atoms with Gasteiger partial charge in [-0.2, -0.15) is 0 Å². The Labute approximate surface area is 179 Å². The number of carbonyl (C=O) groups is 1. The molecule has 0 spiro atoms. The minimum atomic E-state index is -0.727. The quantitative estimate of drug-likeness (QED) is 0.711. The van der Waals surface area contributed by atoms with Crippen molar-refractivity contribution in [3.05, 3.63) is 58.9 Å². The van der Waals surface area contributed by atoms with Gasteiger partial charge in [-0.05, 0) is 98.6 Å². The molecule has 2 aliphatic carbocycles. The summed E-state index contributed by atoms with van der Waals surface area (Å²) in [6.45, 7) is 4.49. The standard InChI is InChI=1S/C25H33N3O2/c1-3-25-12-11-24(30,16-26)15-20(25)7-4-6-18-14-19(9-10-21(18)25)23(29)28-22-8-5-13-27-17(22)2/h5,8-10,13-14,20,30H,3-4,6-7,11-12,15-16,26H2,1-2H3,(H,28,29)/t20-,24+,25+/m0/s1. The van der Waals surface area contributed by atoms with Crippen LogP contribution >= 0.6 is 0 Å². The number of benzene rings is 1. The van der Waals surface area contributed by atoms with Gasteiger partial charge in [-0.25, -0.2) is 0 Å². The van der Waals surface area contributed by atoms with Gasteiger partial charge in [-0.15, -0.1) is 0 Å². The van der Waals surface area contributed by atoms with Crippen LogP contribution in [0.25, 0.3) is 0 Å². The van der Waals surface area contributed by atoms with Gasteiger partial charge in [0.1, 0.15) is 0 Å². The SMILES string of the molecule is CC[C@@]12CC[C@](O)(CN)C[C@@H]1CCCc1cc(C(=O)Nc3cccnc3C)ccc12. The van der Waals surface area contributed by atoms with Crippen molar-refractivity contribution >= 4 is 11.6 Å². The number of nitrogens with one attached hydrogen (secondary N) is 1. The Kier molecular flexibility index (Phi) is 5.69. The molecule has 0 aliphatic heterocycles. The molecule has 5 nitrogen and oxygen atoms in total. The summed E-state index contributed by atoms with van der Waals surface area (Å²) in [5, 5.41) is 13.9. The van der Waals surface area contributed by atoms with Crippen molar-refractivity contribution in [3.8, 4) is 0 Å². The monoisotopic (exact) mass is 407 g/mol. The molecule has 1 aromatic heterocycles. The van der Waals surface area contributed by atoms with Gasteiger partial charge >= 0.3 is 0 Å². The molecule has 4 N–H and O–H groups in total. The smallest absolute Gasteiger partial charge is 0.255 e. The third-order valence-corrected chi connectivity index (χ3v) is 7.61. The number of nitrogens with zero attached hydrogens (tertiary/aromatic N) is 1. The summed E-state index contributed by atoms with van der Waals surface area (Å²) < 4.78 is 0. The molecule has 1 amide bonds. The zero-order valence-electron chi connectivity index (χ0n) is 18.1. The van der Waals surface area contributed by atoms with Crippen molar-refractivity contribution < 1.29 is 9.90 Å². The van der Waals surface area contributed by atoms with Gasteiger partial charge in [-0.3, -0.25) is 9.78 Å². The predicted molar refractivity (Wildman–Crippen MR) is 120 cm³/mol. The zero-order valence-corrected chi connectivity index (χ0v) is 18.1. The molecule has 5 heteroatoms. The number of hydrogen-bond acceptors (Lipinski definition) is 4. The summed E-state index contributed by atoms with van der Waals surface area (Å²) in [7, 11) is 0. The third kappa shape index (κ3) is 3.65. The summed E-state index contributed by atoms with van der Waals surface area (Å²) in [4.78, 5) is 17.2. The highest BCUT2D eigenvalue weighted by Crippen LogP contribution is 2.53. The van der Waals surface area contributed by atoms with E-state index in [0.717, 1.165) is 56.3 Å². The van der Waals surface area contributed by atoms with Gasteiger partial charge in [0.25, 0.3) is 5.91 Å². The van der Waals surface area contributed by atoms with Crippen LogP contribution in [0.1, 0.15) is 72.6 Å². The second kappa shape index (κ2) is 8.12. The number of carbonyl (C=O) groups excluding carboxylic acids is 1. The zero-order chi connectivity index (χ0) is 21.4. The highest BCUT2D eigenvalue weighted by atomic mass is 16.3. The van der Waals surface area contributed by atoms with E-state index in [1.165, 1.54) is 11.1 Å². The summed E-state index contributed by atoms with van der Waals surface area (Å²) >= 11 is 0. The lowest BCUT2D eigenvalue weighted by Gasteiger charge is -2.50. The minimum Gasteiger partial charge on any atom is -0.389 e. The maximum atomic E-state index is 12.9.